The molecule has 0 saturated carbocycles. The summed E-state index contributed by atoms with van der Waals surface area (Å²) in [4.78, 5) is 11.9. The maximum Gasteiger partial charge on any atom is 0.240 e. The highest BCUT2D eigenvalue weighted by molar-refractivity contribution is 6.01. The number of hydrogen-bond acceptors (Lipinski definition) is 4. The molecule has 1 amide bonds. The van der Waals surface area contributed by atoms with E-state index in [2.05, 4.69) is 10.5 Å². The zero-order chi connectivity index (χ0) is 17.4. The van der Waals surface area contributed by atoms with Crippen LogP contribution in [0.5, 0.6) is 11.5 Å². The summed E-state index contributed by atoms with van der Waals surface area (Å²) < 4.78 is 10.5. The molecule has 0 spiro atoms. The number of hydrazone groups is 1. The molecule has 0 aromatic heterocycles. The average molecular weight is 326 g/mol. The molecular formula is C19H22N2O3. The van der Waals surface area contributed by atoms with Crippen molar-refractivity contribution in [2.45, 2.75) is 19.8 Å². The third-order valence-electron chi connectivity index (χ3n) is 3.63. The molecule has 0 fully saturated rings. The van der Waals surface area contributed by atoms with Crippen LogP contribution in [0.4, 0.5) is 0 Å². The molecule has 0 bridgehead atoms. The highest BCUT2D eigenvalue weighted by Gasteiger charge is 2.09. The minimum Gasteiger partial charge on any atom is -0.497 e. The van der Waals surface area contributed by atoms with Gasteiger partial charge in [0, 0.05) is 18.1 Å². The minimum atomic E-state index is -0.120. The Bertz CT molecular complexity index is 712. The highest BCUT2D eigenvalue weighted by Crippen LogP contribution is 2.25. The Hall–Kier alpha value is -2.82. The molecule has 0 aliphatic heterocycles. The quantitative estimate of drug-likeness (QED) is 0.628. The number of nitrogens with zero attached hydrogens (tertiary/aromatic N) is 1. The van der Waals surface area contributed by atoms with Crippen molar-refractivity contribution in [3.8, 4) is 11.5 Å². The lowest BCUT2D eigenvalue weighted by atomic mass is 10.1. The van der Waals surface area contributed by atoms with Crippen molar-refractivity contribution in [1.82, 2.24) is 5.43 Å². The van der Waals surface area contributed by atoms with Gasteiger partial charge in [0.2, 0.25) is 5.91 Å². The number of rotatable bonds is 7. The van der Waals surface area contributed by atoms with Gasteiger partial charge < -0.3 is 9.47 Å². The normalized spacial score (nSPS) is 11.0. The molecule has 0 unspecified atom stereocenters. The smallest absolute Gasteiger partial charge is 0.240 e. The van der Waals surface area contributed by atoms with E-state index in [4.69, 9.17) is 9.47 Å². The third-order valence-corrected chi connectivity index (χ3v) is 3.63. The van der Waals surface area contributed by atoms with Crippen molar-refractivity contribution in [1.29, 1.82) is 0 Å². The Morgan fingerprint density at radius 3 is 2.50 bits per heavy atom. The molecule has 5 heteroatoms. The van der Waals surface area contributed by atoms with E-state index in [0.717, 1.165) is 11.1 Å². The Balaban J connectivity index is 1.97. The molecule has 0 radical (unpaired) electrons. The predicted octanol–water partition coefficient (Wildman–Crippen LogP) is 3.18. The van der Waals surface area contributed by atoms with Crippen molar-refractivity contribution in [3.63, 3.8) is 0 Å². The second-order valence-corrected chi connectivity index (χ2v) is 5.28. The van der Waals surface area contributed by atoms with Crippen LogP contribution < -0.4 is 14.9 Å². The molecule has 5 nitrogen and oxygen atoms in total. The molecule has 0 aliphatic rings. The maximum atomic E-state index is 11.9. The van der Waals surface area contributed by atoms with Gasteiger partial charge in [-0.2, -0.15) is 5.10 Å². The lowest BCUT2D eigenvalue weighted by Gasteiger charge is -2.10. The molecule has 1 N–H and O–H groups in total. The number of methoxy groups -OCH3 is 2. The van der Waals surface area contributed by atoms with Gasteiger partial charge in [-0.25, -0.2) is 5.43 Å². The van der Waals surface area contributed by atoms with Gasteiger partial charge in [0.1, 0.15) is 11.5 Å². The number of aryl methyl sites for hydroxylation is 1. The number of benzene rings is 2. The summed E-state index contributed by atoms with van der Waals surface area (Å²) in [6.07, 6.45) is 1.08. The van der Waals surface area contributed by atoms with E-state index in [1.165, 1.54) is 0 Å². The maximum absolute atomic E-state index is 11.9. The number of nitrogens with one attached hydrogen (secondary N) is 1. The topological polar surface area (TPSA) is 59.9 Å². The number of hydrogen-bond donors (Lipinski definition) is 1. The fourth-order valence-corrected chi connectivity index (χ4v) is 2.26. The first-order valence-electron chi connectivity index (χ1n) is 7.73. The summed E-state index contributed by atoms with van der Waals surface area (Å²) in [5.74, 6) is 1.23. The van der Waals surface area contributed by atoms with Gasteiger partial charge in [-0.05, 0) is 31.0 Å². The third kappa shape index (κ3) is 4.84. The lowest BCUT2D eigenvalue weighted by molar-refractivity contribution is -0.121. The Kier molecular flexibility index (Phi) is 6.37. The van der Waals surface area contributed by atoms with Gasteiger partial charge in [0.15, 0.2) is 0 Å². The fraction of sp³-hybridized carbons (Fsp3) is 0.263. The number of carbonyl (C=O) groups is 1. The van der Waals surface area contributed by atoms with Crippen molar-refractivity contribution in [2.24, 2.45) is 5.10 Å². The van der Waals surface area contributed by atoms with E-state index in [0.29, 0.717) is 30.1 Å². The largest absolute Gasteiger partial charge is 0.497 e. The molecule has 0 aliphatic carbocycles. The van der Waals surface area contributed by atoms with Gasteiger partial charge >= 0.3 is 0 Å². The fourth-order valence-electron chi connectivity index (χ4n) is 2.26. The van der Waals surface area contributed by atoms with Crippen LogP contribution in [0.2, 0.25) is 0 Å². The van der Waals surface area contributed by atoms with Crippen LogP contribution >= 0.6 is 0 Å². The van der Waals surface area contributed by atoms with Gasteiger partial charge in [0.05, 0.1) is 19.9 Å². The first-order valence-corrected chi connectivity index (χ1v) is 7.73. The van der Waals surface area contributed by atoms with E-state index in [1.54, 1.807) is 20.3 Å². The molecule has 0 saturated heterocycles. The van der Waals surface area contributed by atoms with Crippen LogP contribution in [-0.2, 0) is 11.2 Å². The van der Waals surface area contributed by atoms with Gasteiger partial charge in [0.25, 0.3) is 0 Å². The lowest BCUT2D eigenvalue weighted by Crippen LogP contribution is -2.19. The zero-order valence-corrected chi connectivity index (χ0v) is 14.2. The van der Waals surface area contributed by atoms with E-state index < -0.39 is 0 Å². The van der Waals surface area contributed by atoms with Crippen LogP contribution in [0.1, 0.15) is 24.5 Å². The molecule has 2 aromatic rings. The van der Waals surface area contributed by atoms with Gasteiger partial charge in [-0.3, -0.25) is 4.79 Å². The molecule has 0 heterocycles. The van der Waals surface area contributed by atoms with Crippen LogP contribution in [-0.4, -0.2) is 25.8 Å². The van der Waals surface area contributed by atoms with E-state index in [9.17, 15) is 4.79 Å². The van der Waals surface area contributed by atoms with E-state index in [-0.39, 0.29) is 5.91 Å². The average Bonchev–Trinajstić information content (AvgIpc) is 2.64. The van der Waals surface area contributed by atoms with Crippen LogP contribution in [0.25, 0.3) is 0 Å². The second kappa shape index (κ2) is 8.72. The first-order chi connectivity index (χ1) is 11.6. The van der Waals surface area contributed by atoms with Crippen molar-refractivity contribution >= 4 is 11.6 Å². The summed E-state index contributed by atoms with van der Waals surface area (Å²) in [5.41, 5.74) is 5.20. The Labute approximate surface area is 142 Å². The molecule has 2 rings (SSSR count). The van der Waals surface area contributed by atoms with Crippen molar-refractivity contribution in [2.75, 3.05) is 14.2 Å². The van der Waals surface area contributed by atoms with Crippen LogP contribution in [0.15, 0.2) is 53.6 Å². The minimum absolute atomic E-state index is 0.120. The number of carbonyl (C=O) groups excluding carboxylic acids is 1. The predicted molar refractivity (Wildman–Crippen MR) is 94.7 cm³/mol. The Morgan fingerprint density at radius 1 is 1.08 bits per heavy atom. The SMILES string of the molecule is COc1ccc(C(C)=NNC(=O)CCc2ccccc2)c(OC)c1. The highest BCUT2D eigenvalue weighted by atomic mass is 16.5. The molecule has 126 valence electrons. The number of ether oxygens (including phenoxy) is 2. The summed E-state index contributed by atoms with van der Waals surface area (Å²) in [5, 5.41) is 4.17. The summed E-state index contributed by atoms with van der Waals surface area (Å²) in [7, 11) is 3.19. The zero-order valence-electron chi connectivity index (χ0n) is 14.2. The van der Waals surface area contributed by atoms with Crippen molar-refractivity contribution in [3.05, 3.63) is 59.7 Å². The first kappa shape index (κ1) is 17.5. The van der Waals surface area contributed by atoms with Crippen molar-refractivity contribution < 1.29 is 14.3 Å². The summed E-state index contributed by atoms with van der Waals surface area (Å²) in [6.45, 7) is 1.82. The number of amides is 1. The molecule has 0 atom stereocenters. The standard InChI is InChI=1S/C19H22N2O3/c1-14(17-11-10-16(23-2)13-18(17)24-3)20-21-19(22)12-9-15-7-5-4-6-8-15/h4-8,10-11,13H,9,12H2,1-3H3,(H,21,22). The van der Waals surface area contributed by atoms with E-state index in [1.807, 2.05) is 49.4 Å². The Morgan fingerprint density at radius 2 is 1.83 bits per heavy atom. The molecular weight excluding hydrogens is 304 g/mol. The van der Waals surface area contributed by atoms with Gasteiger partial charge in [-0.15, -0.1) is 0 Å². The second-order valence-electron chi connectivity index (χ2n) is 5.28. The molecule has 2 aromatic carbocycles. The monoisotopic (exact) mass is 326 g/mol. The summed E-state index contributed by atoms with van der Waals surface area (Å²) >= 11 is 0. The van der Waals surface area contributed by atoms with E-state index >= 15 is 0 Å². The van der Waals surface area contributed by atoms with Crippen LogP contribution in [0.3, 0.4) is 0 Å². The molecule has 24 heavy (non-hydrogen) atoms. The van der Waals surface area contributed by atoms with Gasteiger partial charge in [-0.1, -0.05) is 30.3 Å². The van der Waals surface area contributed by atoms with Crippen LogP contribution in [0, 0.1) is 0 Å². The summed E-state index contributed by atoms with van der Waals surface area (Å²) in [6, 6.07) is 15.4.